The highest BCUT2D eigenvalue weighted by Crippen LogP contribution is 2.18. The predicted molar refractivity (Wildman–Crippen MR) is 73.2 cm³/mol. The zero-order valence-corrected chi connectivity index (χ0v) is 11.0. The number of rotatable bonds is 4. The molecule has 1 aromatic carbocycles. The molecule has 0 aliphatic carbocycles. The van der Waals surface area contributed by atoms with Crippen LogP contribution in [-0.2, 0) is 0 Å². The van der Waals surface area contributed by atoms with Crippen LogP contribution in [0.3, 0.4) is 0 Å². The lowest BCUT2D eigenvalue weighted by molar-refractivity contribution is 0.102. The van der Waals surface area contributed by atoms with Crippen LogP contribution in [0, 0.1) is 6.92 Å². The third-order valence-electron chi connectivity index (χ3n) is 2.34. The Bertz CT molecular complexity index is 553. The van der Waals surface area contributed by atoms with Gasteiger partial charge in [-0.25, -0.2) is 0 Å². The first-order valence-corrected chi connectivity index (χ1v) is 6.46. The highest BCUT2D eigenvalue weighted by Gasteiger charge is 2.13. The molecule has 1 amide bonds. The molecule has 0 bridgehead atoms. The van der Waals surface area contributed by atoms with Gasteiger partial charge in [0.15, 0.2) is 0 Å². The van der Waals surface area contributed by atoms with Crippen molar-refractivity contribution < 1.29 is 4.79 Å². The first-order chi connectivity index (χ1) is 8.70. The van der Waals surface area contributed by atoms with E-state index in [1.54, 1.807) is 0 Å². The largest absolute Gasteiger partial charge is 0.360 e. The van der Waals surface area contributed by atoms with Crippen LogP contribution in [-0.4, -0.2) is 22.6 Å². The van der Waals surface area contributed by atoms with E-state index in [1.807, 2.05) is 38.1 Å². The van der Waals surface area contributed by atoms with Crippen molar-refractivity contribution in [2.45, 2.75) is 13.8 Å². The van der Waals surface area contributed by atoms with Crippen LogP contribution >= 0.6 is 11.3 Å². The summed E-state index contributed by atoms with van der Waals surface area (Å²) in [5.74, 6) is -0.231. The van der Waals surface area contributed by atoms with Crippen molar-refractivity contribution in [3.63, 3.8) is 0 Å². The first-order valence-electron chi connectivity index (χ1n) is 5.65. The quantitative estimate of drug-likeness (QED) is 0.888. The van der Waals surface area contributed by atoms with Gasteiger partial charge >= 0.3 is 0 Å². The van der Waals surface area contributed by atoms with Crippen LogP contribution in [0.25, 0.3) is 0 Å². The molecule has 18 heavy (non-hydrogen) atoms. The van der Waals surface area contributed by atoms with E-state index >= 15 is 0 Å². The van der Waals surface area contributed by atoms with Gasteiger partial charge in [-0.05, 0) is 25.5 Å². The summed E-state index contributed by atoms with van der Waals surface area (Å²) in [6, 6.07) is 7.62. The fourth-order valence-electron chi connectivity index (χ4n) is 1.43. The summed E-state index contributed by atoms with van der Waals surface area (Å²) in [6.45, 7) is 4.67. The Kier molecular flexibility index (Phi) is 3.88. The zero-order valence-electron chi connectivity index (χ0n) is 10.2. The molecule has 0 aliphatic rings. The Labute approximate surface area is 109 Å². The lowest BCUT2D eigenvalue weighted by atomic mass is 10.2. The summed E-state index contributed by atoms with van der Waals surface area (Å²) in [5.41, 5.74) is 1.81. The molecule has 1 aromatic heterocycles. The lowest BCUT2D eigenvalue weighted by Gasteiger charge is -2.05. The number of hydrogen-bond acceptors (Lipinski definition) is 5. The number of nitrogens with one attached hydrogen (secondary N) is 2. The fourth-order valence-corrected chi connectivity index (χ4v) is 2.13. The average Bonchev–Trinajstić information content (AvgIpc) is 2.81. The molecule has 94 valence electrons. The zero-order chi connectivity index (χ0) is 13.0. The molecular weight excluding hydrogens is 248 g/mol. The minimum atomic E-state index is -0.231. The minimum Gasteiger partial charge on any atom is -0.360 e. The molecule has 2 N–H and O–H groups in total. The number of amides is 1. The van der Waals surface area contributed by atoms with E-state index in [0.717, 1.165) is 17.8 Å². The second-order valence-electron chi connectivity index (χ2n) is 3.71. The molecule has 6 heteroatoms. The number of nitrogens with zero attached hydrogens (tertiary/aromatic N) is 2. The van der Waals surface area contributed by atoms with Crippen LogP contribution < -0.4 is 10.6 Å². The van der Waals surface area contributed by atoms with E-state index in [4.69, 9.17) is 0 Å². The van der Waals surface area contributed by atoms with Crippen LogP contribution in [0.4, 0.5) is 10.8 Å². The van der Waals surface area contributed by atoms with Gasteiger partial charge in [0.2, 0.25) is 10.1 Å². The van der Waals surface area contributed by atoms with Crippen molar-refractivity contribution in [2.24, 2.45) is 0 Å². The molecule has 0 atom stereocenters. The highest BCUT2D eigenvalue weighted by atomic mass is 32.1. The second-order valence-corrected chi connectivity index (χ2v) is 4.69. The summed E-state index contributed by atoms with van der Waals surface area (Å²) in [6.07, 6.45) is 0. The number of hydrogen-bond donors (Lipinski definition) is 2. The van der Waals surface area contributed by atoms with Gasteiger partial charge in [-0.3, -0.25) is 4.79 Å². The normalized spacial score (nSPS) is 10.1. The van der Waals surface area contributed by atoms with Crippen molar-refractivity contribution in [3.8, 4) is 0 Å². The Balaban J connectivity index is 2.10. The van der Waals surface area contributed by atoms with Gasteiger partial charge in [-0.15, -0.1) is 10.2 Å². The van der Waals surface area contributed by atoms with Gasteiger partial charge in [0, 0.05) is 12.2 Å². The van der Waals surface area contributed by atoms with Crippen LogP contribution in [0.2, 0.25) is 0 Å². The highest BCUT2D eigenvalue weighted by molar-refractivity contribution is 7.17. The van der Waals surface area contributed by atoms with Gasteiger partial charge in [0.1, 0.15) is 0 Å². The number of aryl methyl sites for hydroxylation is 1. The SMILES string of the molecule is CCNc1nnc(C(=O)Nc2ccccc2C)s1. The van der Waals surface area contributed by atoms with Gasteiger partial charge < -0.3 is 10.6 Å². The molecule has 0 aliphatic heterocycles. The molecule has 2 aromatic rings. The van der Waals surface area contributed by atoms with Crippen molar-refractivity contribution in [2.75, 3.05) is 17.2 Å². The smallest absolute Gasteiger partial charge is 0.286 e. The maximum absolute atomic E-state index is 12.0. The van der Waals surface area contributed by atoms with E-state index in [2.05, 4.69) is 20.8 Å². The van der Waals surface area contributed by atoms with Crippen LogP contribution in [0.5, 0.6) is 0 Å². The van der Waals surface area contributed by atoms with E-state index in [-0.39, 0.29) is 5.91 Å². The fraction of sp³-hybridized carbons (Fsp3) is 0.250. The summed E-state index contributed by atoms with van der Waals surface area (Å²) in [5, 5.41) is 14.6. The van der Waals surface area contributed by atoms with E-state index in [9.17, 15) is 4.79 Å². The van der Waals surface area contributed by atoms with Crippen molar-refractivity contribution in [1.82, 2.24) is 10.2 Å². The second kappa shape index (κ2) is 5.59. The molecule has 0 saturated heterocycles. The number of para-hydroxylation sites is 1. The Morgan fingerprint density at radius 3 is 2.83 bits per heavy atom. The Hall–Kier alpha value is -1.95. The number of carbonyl (C=O) groups is 1. The van der Waals surface area contributed by atoms with Crippen molar-refractivity contribution >= 4 is 28.1 Å². The molecule has 2 rings (SSSR count). The van der Waals surface area contributed by atoms with Crippen molar-refractivity contribution in [3.05, 3.63) is 34.8 Å². The molecule has 0 spiro atoms. The van der Waals surface area contributed by atoms with Crippen LogP contribution in [0.15, 0.2) is 24.3 Å². The maximum Gasteiger partial charge on any atom is 0.286 e. The van der Waals surface area contributed by atoms with E-state index < -0.39 is 0 Å². The third-order valence-corrected chi connectivity index (χ3v) is 3.22. The third kappa shape index (κ3) is 2.84. The summed E-state index contributed by atoms with van der Waals surface area (Å²) in [7, 11) is 0. The van der Waals surface area contributed by atoms with Gasteiger partial charge in [-0.2, -0.15) is 0 Å². The molecule has 0 fully saturated rings. The topological polar surface area (TPSA) is 66.9 Å². The predicted octanol–water partition coefficient (Wildman–Crippen LogP) is 2.53. The van der Waals surface area contributed by atoms with E-state index in [1.165, 1.54) is 11.3 Å². The number of aromatic nitrogens is 2. The summed E-state index contributed by atoms with van der Waals surface area (Å²) >= 11 is 1.25. The summed E-state index contributed by atoms with van der Waals surface area (Å²) in [4.78, 5) is 12.0. The van der Waals surface area contributed by atoms with Gasteiger partial charge in [-0.1, -0.05) is 29.5 Å². The number of carbonyl (C=O) groups excluding carboxylic acids is 1. The van der Waals surface area contributed by atoms with Gasteiger partial charge in [0.25, 0.3) is 5.91 Å². The molecule has 0 radical (unpaired) electrons. The molecule has 5 nitrogen and oxygen atoms in total. The summed E-state index contributed by atoms with van der Waals surface area (Å²) < 4.78 is 0. The number of anilines is 2. The standard InChI is InChI=1S/C12H14N4OS/c1-3-13-12-16-15-11(18-12)10(17)14-9-7-5-4-6-8(9)2/h4-7H,3H2,1-2H3,(H,13,16)(H,14,17). The van der Waals surface area contributed by atoms with Crippen LogP contribution in [0.1, 0.15) is 22.3 Å². The van der Waals surface area contributed by atoms with Gasteiger partial charge in [0.05, 0.1) is 0 Å². The number of benzene rings is 1. The molecular formula is C12H14N4OS. The minimum absolute atomic E-state index is 0.231. The lowest BCUT2D eigenvalue weighted by Crippen LogP contribution is -2.12. The first kappa shape index (κ1) is 12.5. The van der Waals surface area contributed by atoms with E-state index in [0.29, 0.717) is 10.1 Å². The Morgan fingerprint density at radius 2 is 2.11 bits per heavy atom. The average molecular weight is 262 g/mol. The van der Waals surface area contributed by atoms with Crippen molar-refractivity contribution in [1.29, 1.82) is 0 Å². The maximum atomic E-state index is 12.0. The molecule has 1 heterocycles. The monoisotopic (exact) mass is 262 g/mol. The molecule has 0 saturated carbocycles. The Morgan fingerprint density at radius 1 is 1.33 bits per heavy atom. The molecule has 0 unspecified atom stereocenters.